The summed E-state index contributed by atoms with van der Waals surface area (Å²) in [5.41, 5.74) is 1.49. The molecule has 2 aliphatic rings. The Morgan fingerprint density at radius 3 is 2.26 bits per heavy atom. The van der Waals surface area contributed by atoms with Gasteiger partial charge in [-0.3, -0.25) is 19.3 Å². The second-order valence-electron chi connectivity index (χ2n) is 9.18. The Hall–Kier alpha value is -3.73. The minimum absolute atomic E-state index is 0.148. The quantitative estimate of drug-likeness (QED) is 0.376. The van der Waals surface area contributed by atoms with Gasteiger partial charge < -0.3 is 19.5 Å². The molecular formula is C27H30N2O8S. The lowest BCUT2D eigenvalue weighted by molar-refractivity contribution is -0.159. The van der Waals surface area contributed by atoms with Crippen LogP contribution >= 0.6 is 11.3 Å². The number of nitrogens with zero attached hydrogens (tertiary/aromatic N) is 1. The molecule has 0 unspecified atom stereocenters. The number of rotatable bonds is 9. The number of methoxy groups -OCH3 is 1. The van der Waals surface area contributed by atoms with Crippen molar-refractivity contribution in [2.75, 3.05) is 25.6 Å². The summed E-state index contributed by atoms with van der Waals surface area (Å²) in [6.45, 7) is 2.60. The number of anilines is 1. The number of likely N-dealkylation sites (tertiary alicyclic amines) is 1. The van der Waals surface area contributed by atoms with Gasteiger partial charge in [-0.05, 0) is 44.4 Å². The predicted octanol–water partition coefficient (Wildman–Crippen LogP) is 3.65. The number of imide groups is 1. The molecule has 1 N–H and O–H groups in total. The summed E-state index contributed by atoms with van der Waals surface area (Å²) < 4.78 is 15.5. The van der Waals surface area contributed by atoms with Crippen LogP contribution in [0.15, 0.2) is 29.6 Å². The van der Waals surface area contributed by atoms with E-state index in [1.54, 1.807) is 43.7 Å². The molecule has 3 atom stereocenters. The van der Waals surface area contributed by atoms with Crippen molar-refractivity contribution in [2.24, 2.45) is 11.8 Å². The maximum absolute atomic E-state index is 12.8. The van der Waals surface area contributed by atoms with E-state index in [-0.39, 0.29) is 40.8 Å². The second-order valence-corrected chi connectivity index (χ2v) is 10.1. The molecule has 1 saturated heterocycles. The zero-order chi connectivity index (χ0) is 27.4. The zero-order valence-electron chi connectivity index (χ0n) is 21.5. The summed E-state index contributed by atoms with van der Waals surface area (Å²) in [6, 6.07) is 5.95. The molecule has 11 heteroatoms. The number of hydrogen-bond donors (Lipinski definition) is 1. The van der Waals surface area contributed by atoms with Gasteiger partial charge in [0, 0.05) is 10.9 Å². The van der Waals surface area contributed by atoms with E-state index >= 15 is 0 Å². The van der Waals surface area contributed by atoms with Gasteiger partial charge in [0.15, 0.2) is 6.61 Å². The Labute approximate surface area is 224 Å². The number of amides is 3. The summed E-state index contributed by atoms with van der Waals surface area (Å²) in [5, 5.41) is 4.59. The highest BCUT2D eigenvalue weighted by Crippen LogP contribution is 2.39. The van der Waals surface area contributed by atoms with Crippen LogP contribution in [0, 0.1) is 11.8 Å². The van der Waals surface area contributed by atoms with Gasteiger partial charge in [0.05, 0.1) is 25.6 Å². The smallest absolute Gasteiger partial charge is 0.341 e. The van der Waals surface area contributed by atoms with Crippen molar-refractivity contribution in [1.82, 2.24) is 4.90 Å². The summed E-state index contributed by atoms with van der Waals surface area (Å²) in [4.78, 5) is 64.6. The first-order valence-corrected chi connectivity index (χ1v) is 13.4. The number of esters is 2. The van der Waals surface area contributed by atoms with E-state index in [9.17, 15) is 24.0 Å². The molecule has 1 aliphatic heterocycles. The van der Waals surface area contributed by atoms with Crippen molar-refractivity contribution < 1.29 is 38.2 Å². The standard InChI is InChI=1S/C27H30N2O8S/c1-4-36-27(34)22-20(16-9-11-17(35-3)12-10-16)14-38-23(22)28-21(30)13-37-26(33)15(2)29-24(31)18-7-5-6-8-19(18)25(29)32/h9-12,14-15,18-19H,4-8,13H2,1-3H3,(H,28,30)/t15-,18-,19-/m0/s1. The zero-order valence-corrected chi connectivity index (χ0v) is 22.3. The molecule has 2 aromatic rings. The van der Waals surface area contributed by atoms with Gasteiger partial charge in [0.2, 0.25) is 11.8 Å². The molecule has 1 aliphatic carbocycles. The van der Waals surface area contributed by atoms with E-state index in [0.717, 1.165) is 34.6 Å². The van der Waals surface area contributed by atoms with E-state index in [2.05, 4.69) is 5.32 Å². The monoisotopic (exact) mass is 542 g/mol. The maximum atomic E-state index is 12.8. The Balaban J connectivity index is 1.42. The number of hydrogen-bond acceptors (Lipinski definition) is 9. The number of ether oxygens (including phenoxy) is 3. The molecule has 1 aromatic heterocycles. The first-order chi connectivity index (χ1) is 18.3. The lowest BCUT2D eigenvalue weighted by atomic mass is 9.81. The molecule has 3 amide bonds. The van der Waals surface area contributed by atoms with E-state index in [0.29, 0.717) is 24.2 Å². The summed E-state index contributed by atoms with van der Waals surface area (Å²) >= 11 is 1.13. The average molecular weight is 543 g/mol. The molecule has 2 fully saturated rings. The SMILES string of the molecule is CCOC(=O)c1c(-c2ccc(OC)cc2)csc1NC(=O)COC(=O)[C@H](C)N1C(=O)[C@H]2CCCC[C@@H]2C1=O. The van der Waals surface area contributed by atoms with Crippen LogP contribution in [-0.2, 0) is 28.7 Å². The van der Waals surface area contributed by atoms with Gasteiger partial charge in [0.1, 0.15) is 22.4 Å². The molecule has 0 radical (unpaired) electrons. The first kappa shape index (κ1) is 27.3. The van der Waals surface area contributed by atoms with Crippen LogP contribution in [0.4, 0.5) is 5.00 Å². The third-order valence-corrected chi connectivity index (χ3v) is 7.77. The average Bonchev–Trinajstić information content (AvgIpc) is 3.45. The topological polar surface area (TPSA) is 128 Å². The first-order valence-electron chi connectivity index (χ1n) is 12.5. The lowest BCUT2D eigenvalue weighted by Gasteiger charge is -2.21. The van der Waals surface area contributed by atoms with Gasteiger partial charge in [0.25, 0.3) is 5.91 Å². The molecule has 0 bridgehead atoms. The highest BCUT2D eigenvalue weighted by atomic mass is 32.1. The minimum Gasteiger partial charge on any atom is -0.497 e. The van der Waals surface area contributed by atoms with Crippen LogP contribution in [0.2, 0.25) is 0 Å². The van der Waals surface area contributed by atoms with Crippen molar-refractivity contribution in [3.05, 3.63) is 35.2 Å². The van der Waals surface area contributed by atoms with Gasteiger partial charge in [-0.15, -0.1) is 11.3 Å². The Morgan fingerprint density at radius 1 is 1.05 bits per heavy atom. The number of fused-ring (bicyclic) bond motifs is 1. The summed E-state index contributed by atoms with van der Waals surface area (Å²) in [6.07, 6.45) is 3.03. The van der Waals surface area contributed by atoms with Crippen molar-refractivity contribution in [1.29, 1.82) is 0 Å². The van der Waals surface area contributed by atoms with Gasteiger partial charge in [-0.2, -0.15) is 0 Å². The fourth-order valence-electron chi connectivity index (χ4n) is 4.93. The van der Waals surface area contributed by atoms with E-state index in [1.165, 1.54) is 6.92 Å². The Bertz CT molecular complexity index is 1210. The number of benzene rings is 1. The maximum Gasteiger partial charge on any atom is 0.341 e. The largest absolute Gasteiger partial charge is 0.497 e. The number of carbonyl (C=O) groups excluding carboxylic acids is 5. The Kier molecular flexibility index (Phi) is 8.45. The van der Waals surface area contributed by atoms with Gasteiger partial charge in [-0.25, -0.2) is 9.59 Å². The highest BCUT2D eigenvalue weighted by molar-refractivity contribution is 7.15. The van der Waals surface area contributed by atoms with Gasteiger partial charge >= 0.3 is 11.9 Å². The van der Waals surface area contributed by atoms with Crippen LogP contribution in [0.3, 0.4) is 0 Å². The summed E-state index contributed by atoms with van der Waals surface area (Å²) in [5.74, 6) is -2.93. The van der Waals surface area contributed by atoms with Crippen LogP contribution < -0.4 is 10.1 Å². The second kappa shape index (κ2) is 11.8. The normalized spacial score (nSPS) is 19.5. The van der Waals surface area contributed by atoms with Crippen LogP contribution in [0.1, 0.15) is 49.9 Å². The fourth-order valence-corrected chi connectivity index (χ4v) is 5.91. The minimum atomic E-state index is -1.13. The van der Waals surface area contributed by atoms with E-state index < -0.39 is 30.5 Å². The number of nitrogens with one attached hydrogen (secondary N) is 1. The molecule has 1 saturated carbocycles. The molecule has 0 spiro atoms. The van der Waals surface area contributed by atoms with Crippen molar-refractivity contribution in [3.8, 4) is 16.9 Å². The fraction of sp³-hybridized carbons (Fsp3) is 0.444. The third kappa shape index (κ3) is 5.42. The predicted molar refractivity (Wildman–Crippen MR) is 139 cm³/mol. The van der Waals surface area contributed by atoms with Crippen molar-refractivity contribution >= 4 is 46.0 Å². The molecular weight excluding hydrogens is 512 g/mol. The molecule has 10 nitrogen and oxygen atoms in total. The molecule has 1 aromatic carbocycles. The lowest BCUT2D eigenvalue weighted by Crippen LogP contribution is -2.45. The molecule has 4 rings (SSSR count). The molecule has 38 heavy (non-hydrogen) atoms. The number of thiophene rings is 1. The van der Waals surface area contributed by atoms with Crippen molar-refractivity contribution in [2.45, 2.75) is 45.6 Å². The Morgan fingerprint density at radius 2 is 1.68 bits per heavy atom. The van der Waals surface area contributed by atoms with Crippen LogP contribution in [0.5, 0.6) is 5.75 Å². The van der Waals surface area contributed by atoms with Crippen LogP contribution in [0.25, 0.3) is 11.1 Å². The third-order valence-electron chi connectivity index (χ3n) is 6.87. The number of carbonyl (C=O) groups is 5. The van der Waals surface area contributed by atoms with E-state index in [1.807, 2.05) is 0 Å². The molecule has 202 valence electrons. The van der Waals surface area contributed by atoms with Crippen molar-refractivity contribution in [3.63, 3.8) is 0 Å². The van der Waals surface area contributed by atoms with Gasteiger partial charge in [-0.1, -0.05) is 25.0 Å². The summed E-state index contributed by atoms with van der Waals surface area (Å²) in [7, 11) is 1.55. The highest BCUT2D eigenvalue weighted by Gasteiger charge is 2.51. The molecule has 2 heterocycles. The van der Waals surface area contributed by atoms with E-state index in [4.69, 9.17) is 14.2 Å². The van der Waals surface area contributed by atoms with Crippen LogP contribution in [-0.4, -0.2) is 60.9 Å².